The number of thioether (sulfide) groups is 1. The fourth-order valence-electron chi connectivity index (χ4n) is 2.88. The molecule has 0 amide bonds. The Hall–Kier alpha value is -1.32. The van der Waals surface area contributed by atoms with Gasteiger partial charge in [0.15, 0.2) is 0 Å². The highest BCUT2D eigenvalue weighted by atomic mass is 32.2. The lowest BCUT2D eigenvalue weighted by atomic mass is 10.1. The largest absolute Gasteiger partial charge is 0.303 e. The second kappa shape index (κ2) is 7.80. The number of rotatable bonds is 5. The summed E-state index contributed by atoms with van der Waals surface area (Å²) < 4.78 is 12.9. The molecule has 0 aliphatic carbocycles. The highest BCUT2D eigenvalue weighted by Gasteiger charge is 2.19. The van der Waals surface area contributed by atoms with E-state index in [1.807, 2.05) is 23.9 Å². The molecule has 22 heavy (non-hydrogen) atoms. The zero-order valence-corrected chi connectivity index (χ0v) is 13.6. The molecule has 2 aromatic carbocycles. The summed E-state index contributed by atoms with van der Waals surface area (Å²) in [5.41, 5.74) is 1.22. The van der Waals surface area contributed by atoms with Crippen molar-refractivity contribution in [3.05, 3.63) is 66.0 Å². The molecule has 3 rings (SSSR count). The molecule has 0 atom stereocenters. The molecule has 1 aliphatic rings. The summed E-state index contributed by atoms with van der Waals surface area (Å²) in [5, 5.41) is 0.740. The smallest absolute Gasteiger partial charge is 0.123 e. The predicted molar refractivity (Wildman–Crippen MR) is 91.9 cm³/mol. The molecule has 1 nitrogen and oxygen atoms in total. The Morgan fingerprint density at radius 2 is 1.64 bits per heavy atom. The first-order valence-corrected chi connectivity index (χ1v) is 8.86. The summed E-state index contributed by atoms with van der Waals surface area (Å²) in [7, 11) is 0. The third-order valence-corrected chi connectivity index (χ3v) is 5.56. The van der Waals surface area contributed by atoms with Gasteiger partial charge in [0.1, 0.15) is 5.82 Å². The third-order valence-electron chi connectivity index (χ3n) is 4.21. The summed E-state index contributed by atoms with van der Waals surface area (Å²) in [6.07, 6.45) is 3.52. The minimum Gasteiger partial charge on any atom is -0.303 e. The Labute approximate surface area is 136 Å². The van der Waals surface area contributed by atoms with Gasteiger partial charge in [0.2, 0.25) is 0 Å². The van der Waals surface area contributed by atoms with Crippen molar-refractivity contribution >= 4 is 11.8 Å². The Morgan fingerprint density at radius 1 is 0.955 bits per heavy atom. The molecule has 1 aliphatic heterocycles. The van der Waals surface area contributed by atoms with E-state index < -0.39 is 0 Å². The van der Waals surface area contributed by atoms with Gasteiger partial charge >= 0.3 is 0 Å². The van der Waals surface area contributed by atoms with Crippen molar-refractivity contribution < 1.29 is 4.39 Å². The number of benzene rings is 2. The van der Waals surface area contributed by atoms with Crippen LogP contribution in [0.15, 0.2) is 59.5 Å². The number of halogens is 1. The van der Waals surface area contributed by atoms with E-state index >= 15 is 0 Å². The molecule has 0 spiro atoms. The van der Waals surface area contributed by atoms with Crippen LogP contribution < -0.4 is 0 Å². The molecular weight excluding hydrogens is 293 g/mol. The maximum absolute atomic E-state index is 12.9. The van der Waals surface area contributed by atoms with E-state index in [9.17, 15) is 4.39 Å². The van der Waals surface area contributed by atoms with Gasteiger partial charge in [-0.15, -0.1) is 11.8 Å². The van der Waals surface area contributed by atoms with Crippen molar-refractivity contribution in [2.24, 2.45) is 0 Å². The normalized spacial score (nSPS) is 16.8. The zero-order chi connectivity index (χ0) is 15.2. The van der Waals surface area contributed by atoms with E-state index in [1.165, 1.54) is 36.4 Å². The molecule has 0 radical (unpaired) electrons. The van der Waals surface area contributed by atoms with Crippen LogP contribution in [0.2, 0.25) is 0 Å². The molecule has 1 heterocycles. The predicted octanol–water partition coefficient (Wildman–Crippen LogP) is 4.62. The molecule has 0 N–H and O–H groups in total. The number of hydrogen-bond acceptors (Lipinski definition) is 2. The van der Waals surface area contributed by atoms with Crippen molar-refractivity contribution in [3.63, 3.8) is 0 Å². The van der Waals surface area contributed by atoms with Crippen LogP contribution >= 0.6 is 11.8 Å². The van der Waals surface area contributed by atoms with Gasteiger partial charge in [0.25, 0.3) is 0 Å². The van der Waals surface area contributed by atoms with Crippen LogP contribution in [-0.2, 0) is 6.42 Å². The SMILES string of the molecule is Fc1ccc(CCN2CCC(Sc3ccccc3)CC2)cc1. The van der Waals surface area contributed by atoms with Gasteiger partial charge in [-0.1, -0.05) is 30.3 Å². The van der Waals surface area contributed by atoms with Gasteiger partial charge in [0, 0.05) is 16.7 Å². The van der Waals surface area contributed by atoms with E-state index in [-0.39, 0.29) is 5.82 Å². The first-order valence-electron chi connectivity index (χ1n) is 7.98. The molecule has 1 fully saturated rings. The van der Waals surface area contributed by atoms with E-state index in [0.29, 0.717) is 0 Å². The molecular formula is C19H22FNS. The van der Waals surface area contributed by atoms with E-state index in [0.717, 1.165) is 18.2 Å². The van der Waals surface area contributed by atoms with Crippen LogP contribution in [0.5, 0.6) is 0 Å². The van der Waals surface area contributed by atoms with E-state index in [4.69, 9.17) is 0 Å². The summed E-state index contributed by atoms with van der Waals surface area (Å²) in [6.45, 7) is 3.42. The molecule has 3 heteroatoms. The molecule has 116 valence electrons. The Bertz CT molecular complexity index is 562. The summed E-state index contributed by atoms with van der Waals surface area (Å²) >= 11 is 2.01. The van der Waals surface area contributed by atoms with Gasteiger partial charge in [0.05, 0.1) is 0 Å². The van der Waals surface area contributed by atoms with Gasteiger partial charge < -0.3 is 4.90 Å². The van der Waals surface area contributed by atoms with Gasteiger partial charge in [-0.25, -0.2) is 4.39 Å². The monoisotopic (exact) mass is 315 g/mol. The van der Waals surface area contributed by atoms with Crippen molar-refractivity contribution in [2.75, 3.05) is 19.6 Å². The first kappa shape index (κ1) is 15.6. The van der Waals surface area contributed by atoms with Crippen LogP contribution in [0.4, 0.5) is 4.39 Å². The van der Waals surface area contributed by atoms with Gasteiger partial charge in [-0.2, -0.15) is 0 Å². The quantitative estimate of drug-likeness (QED) is 0.792. The molecule has 2 aromatic rings. The summed E-state index contributed by atoms with van der Waals surface area (Å²) in [4.78, 5) is 3.91. The van der Waals surface area contributed by atoms with Crippen molar-refractivity contribution in [2.45, 2.75) is 29.4 Å². The lowest BCUT2D eigenvalue weighted by molar-refractivity contribution is 0.235. The Balaban J connectivity index is 1.41. The second-order valence-electron chi connectivity index (χ2n) is 5.85. The topological polar surface area (TPSA) is 3.24 Å². The third kappa shape index (κ3) is 4.59. The lowest BCUT2D eigenvalue weighted by Gasteiger charge is -2.31. The minimum absolute atomic E-state index is 0.150. The Morgan fingerprint density at radius 3 is 2.32 bits per heavy atom. The minimum atomic E-state index is -0.150. The molecule has 0 bridgehead atoms. The van der Waals surface area contributed by atoms with Crippen LogP contribution in [-0.4, -0.2) is 29.8 Å². The fourth-order valence-corrected chi connectivity index (χ4v) is 4.03. The molecule has 0 saturated carbocycles. The van der Waals surface area contributed by atoms with E-state index in [2.05, 4.69) is 35.2 Å². The molecule has 0 unspecified atom stereocenters. The van der Waals surface area contributed by atoms with Gasteiger partial charge in [-0.05, 0) is 62.2 Å². The lowest BCUT2D eigenvalue weighted by Crippen LogP contribution is -2.36. The van der Waals surface area contributed by atoms with Crippen LogP contribution in [0.3, 0.4) is 0 Å². The first-order chi connectivity index (χ1) is 10.8. The number of nitrogens with zero attached hydrogens (tertiary/aromatic N) is 1. The van der Waals surface area contributed by atoms with Crippen molar-refractivity contribution in [3.8, 4) is 0 Å². The Kier molecular flexibility index (Phi) is 5.52. The van der Waals surface area contributed by atoms with Crippen LogP contribution in [0.25, 0.3) is 0 Å². The van der Waals surface area contributed by atoms with Crippen LogP contribution in [0, 0.1) is 5.82 Å². The standard InChI is InChI=1S/C19H22FNS/c20-17-8-6-16(7-9-17)10-13-21-14-11-19(12-15-21)22-18-4-2-1-3-5-18/h1-9,19H,10-15H2. The van der Waals surface area contributed by atoms with Crippen LogP contribution in [0.1, 0.15) is 18.4 Å². The highest BCUT2D eigenvalue weighted by Crippen LogP contribution is 2.30. The molecule has 1 saturated heterocycles. The van der Waals surface area contributed by atoms with Gasteiger partial charge in [-0.3, -0.25) is 0 Å². The highest BCUT2D eigenvalue weighted by molar-refractivity contribution is 8.00. The van der Waals surface area contributed by atoms with E-state index in [1.54, 1.807) is 12.1 Å². The average Bonchev–Trinajstić information content (AvgIpc) is 2.57. The fraction of sp³-hybridized carbons (Fsp3) is 0.368. The maximum Gasteiger partial charge on any atom is 0.123 e. The average molecular weight is 315 g/mol. The maximum atomic E-state index is 12.9. The molecule has 0 aromatic heterocycles. The number of likely N-dealkylation sites (tertiary alicyclic amines) is 1. The summed E-state index contributed by atoms with van der Waals surface area (Å²) in [6, 6.07) is 17.6. The zero-order valence-electron chi connectivity index (χ0n) is 12.7. The number of hydrogen-bond donors (Lipinski definition) is 0. The summed E-state index contributed by atoms with van der Waals surface area (Å²) in [5.74, 6) is -0.150. The van der Waals surface area contributed by atoms with Crippen molar-refractivity contribution in [1.29, 1.82) is 0 Å². The van der Waals surface area contributed by atoms with Crippen molar-refractivity contribution in [1.82, 2.24) is 4.90 Å². The number of piperidine rings is 1. The second-order valence-corrected chi connectivity index (χ2v) is 7.22.